The average molecular weight is 360 g/mol. The zero-order valence-electron chi connectivity index (χ0n) is 16.5. The molecule has 0 atom stereocenters. The van der Waals surface area contributed by atoms with E-state index >= 15 is 0 Å². The zero-order chi connectivity index (χ0) is 19.7. The molecule has 0 heterocycles. The van der Waals surface area contributed by atoms with Gasteiger partial charge in [-0.05, 0) is 46.1 Å². The number of hydrogen-bond donors (Lipinski definition) is 0. The summed E-state index contributed by atoms with van der Waals surface area (Å²) in [7, 11) is 1.47. The number of carbonyl (C=O) groups is 2. The molecule has 0 aliphatic heterocycles. The summed E-state index contributed by atoms with van der Waals surface area (Å²) in [6.07, 6.45) is 6.80. The van der Waals surface area contributed by atoms with Crippen LogP contribution < -0.4 is 14.2 Å². The van der Waals surface area contributed by atoms with Gasteiger partial charge in [-0.1, -0.05) is 23.3 Å². The molecule has 1 aromatic rings. The number of rotatable bonds is 8. The Hall–Kier alpha value is -2.56. The fourth-order valence-corrected chi connectivity index (χ4v) is 2.36. The van der Waals surface area contributed by atoms with Crippen molar-refractivity contribution in [2.24, 2.45) is 0 Å². The highest BCUT2D eigenvalue weighted by molar-refractivity contribution is 5.73. The maximum Gasteiger partial charge on any atom is 0.308 e. The van der Waals surface area contributed by atoms with Gasteiger partial charge >= 0.3 is 11.9 Å². The van der Waals surface area contributed by atoms with Gasteiger partial charge in [-0.3, -0.25) is 9.59 Å². The molecule has 0 radical (unpaired) electrons. The second kappa shape index (κ2) is 10.4. The average Bonchev–Trinajstić information content (AvgIpc) is 2.53. The van der Waals surface area contributed by atoms with Gasteiger partial charge in [-0.25, -0.2) is 0 Å². The topological polar surface area (TPSA) is 61.8 Å². The van der Waals surface area contributed by atoms with Gasteiger partial charge < -0.3 is 14.2 Å². The lowest BCUT2D eigenvalue weighted by atomic mass is 10.0. The van der Waals surface area contributed by atoms with Gasteiger partial charge in [0.25, 0.3) is 0 Å². The normalized spacial score (nSPS) is 10.9. The first kappa shape index (κ1) is 21.5. The molecule has 0 spiro atoms. The molecular weight excluding hydrogens is 332 g/mol. The monoisotopic (exact) mass is 360 g/mol. The molecule has 1 rings (SSSR count). The van der Waals surface area contributed by atoms with Crippen molar-refractivity contribution in [1.82, 2.24) is 0 Å². The van der Waals surface area contributed by atoms with Crippen LogP contribution in [0.2, 0.25) is 0 Å². The van der Waals surface area contributed by atoms with E-state index in [9.17, 15) is 9.59 Å². The van der Waals surface area contributed by atoms with E-state index in [1.165, 1.54) is 32.1 Å². The molecule has 0 saturated heterocycles. The lowest BCUT2D eigenvalue weighted by Gasteiger charge is -2.14. The molecule has 1 aromatic carbocycles. The third-order valence-corrected chi connectivity index (χ3v) is 3.62. The minimum atomic E-state index is -0.442. The minimum Gasteiger partial charge on any atom is -0.493 e. The Labute approximate surface area is 155 Å². The van der Waals surface area contributed by atoms with Gasteiger partial charge in [0.2, 0.25) is 0 Å². The molecule has 0 fully saturated rings. The van der Waals surface area contributed by atoms with Crippen molar-refractivity contribution in [3.63, 3.8) is 0 Å². The molecule has 0 saturated carbocycles. The molecular formula is C21H28O5. The minimum absolute atomic E-state index is 0.307. The summed E-state index contributed by atoms with van der Waals surface area (Å²) in [5.74, 6) is 0.185. The summed E-state index contributed by atoms with van der Waals surface area (Å²) < 4.78 is 15.7. The summed E-state index contributed by atoms with van der Waals surface area (Å²) in [5.41, 5.74) is 3.29. The number of benzene rings is 1. The van der Waals surface area contributed by atoms with Crippen LogP contribution in [-0.4, -0.2) is 19.0 Å². The van der Waals surface area contributed by atoms with Crippen molar-refractivity contribution in [3.05, 3.63) is 41.0 Å². The summed E-state index contributed by atoms with van der Waals surface area (Å²) >= 11 is 0. The molecule has 0 bridgehead atoms. The molecule has 0 aliphatic carbocycles. The van der Waals surface area contributed by atoms with E-state index in [4.69, 9.17) is 14.2 Å². The lowest BCUT2D eigenvalue weighted by molar-refractivity contribution is -0.133. The van der Waals surface area contributed by atoms with Crippen molar-refractivity contribution < 1.29 is 23.8 Å². The molecule has 26 heavy (non-hydrogen) atoms. The standard InChI is InChI=1S/C21H28O5/c1-14(2)8-7-9-15(3)10-11-18-12-21(26-17(5)23)20(24-6)13-19(18)25-16(4)22/h8,10,12-13H,7,9,11H2,1-6H3/b15-10+. The summed E-state index contributed by atoms with van der Waals surface area (Å²) in [4.78, 5) is 22.7. The molecule has 0 N–H and O–H groups in total. The Kier molecular flexibility index (Phi) is 8.62. The van der Waals surface area contributed by atoms with Crippen LogP contribution in [-0.2, 0) is 16.0 Å². The number of methoxy groups -OCH3 is 1. The Morgan fingerprint density at radius 2 is 1.50 bits per heavy atom. The first-order valence-electron chi connectivity index (χ1n) is 8.59. The lowest BCUT2D eigenvalue weighted by Crippen LogP contribution is -2.07. The second-order valence-corrected chi connectivity index (χ2v) is 6.37. The van der Waals surface area contributed by atoms with E-state index < -0.39 is 11.9 Å². The van der Waals surface area contributed by atoms with Crippen LogP contribution in [0.4, 0.5) is 0 Å². The molecule has 0 amide bonds. The summed E-state index contributed by atoms with van der Waals surface area (Å²) in [5, 5.41) is 0. The third kappa shape index (κ3) is 7.55. The highest BCUT2D eigenvalue weighted by atomic mass is 16.6. The van der Waals surface area contributed by atoms with Crippen molar-refractivity contribution in [2.45, 2.75) is 53.9 Å². The maximum absolute atomic E-state index is 11.4. The van der Waals surface area contributed by atoms with E-state index in [2.05, 4.69) is 32.9 Å². The van der Waals surface area contributed by atoms with Crippen molar-refractivity contribution in [2.75, 3.05) is 7.11 Å². The van der Waals surface area contributed by atoms with Crippen LogP contribution in [0.5, 0.6) is 17.2 Å². The summed E-state index contributed by atoms with van der Waals surface area (Å²) in [6.45, 7) is 8.90. The van der Waals surface area contributed by atoms with Gasteiger partial charge in [-0.15, -0.1) is 0 Å². The van der Waals surface area contributed by atoms with Crippen molar-refractivity contribution >= 4 is 11.9 Å². The van der Waals surface area contributed by atoms with Gasteiger partial charge in [0.1, 0.15) is 5.75 Å². The predicted molar refractivity (Wildman–Crippen MR) is 102 cm³/mol. The number of carbonyl (C=O) groups excluding carboxylic acids is 2. The van der Waals surface area contributed by atoms with Crippen LogP contribution in [0.3, 0.4) is 0 Å². The Balaban J connectivity index is 3.10. The number of hydrogen-bond acceptors (Lipinski definition) is 5. The maximum atomic E-state index is 11.4. The Morgan fingerprint density at radius 1 is 0.885 bits per heavy atom. The van der Waals surface area contributed by atoms with Gasteiger partial charge in [0.15, 0.2) is 11.5 Å². The largest absolute Gasteiger partial charge is 0.493 e. The number of ether oxygens (including phenoxy) is 3. The van der Waals surface area contributed by atoms with E-state index in [0.717, 1.165) is 18.4 Å². The predicted octanol–water partition coefficient (Wildman–Crippen LogP) is 4.78. The van der Waals surface area contributed by atoms with E-state index in [1.807, 2.05) is 0 Å². The molecule has 0 aromatic heterocycles. The van der Waals surface area contributed by atoms with Crippen LogP contribution in [0.25, 0.3) is 0 Å². The van der Waals surface area contributed by atoms with Gasteiger partial charge in [0, 0.05) is 25.5 Å². The van der Waals surface area contributed by atoms with Crippen molar-refractivity contribution in [3.8, 4) is 17.2 Å². The smallest absolute Gasteiger partial charge is 0.308 e. The van der Waals surface area contributed by atoms with E-state index in [-0.39, 0.29) is 0 Å². The first-order valence-corrected chi connectivity index (χ1v) is 8.59. The SMILES string of the molecule is COc1cc(OC(C)=O)c(C/C=C(\C)CCC=C(C)C)cc1OC(C)=O. The Morgan fingerprint density at radius 3 is 2.04 bits per heavy atom. The highest BCUT2D eigenvalue weighted by Crippen LogP contribution is 2.35. The number of allylic oxidation sites excluding steroid dienone is 4. The summed E-state index contributed by atoms with van der Waals surface area (Å²) in [6, 6.07) is 3.25. The fraction of sp³-hybridized carbons (Fsp3) is 0.429. The van der Waals surface area contributed by atoms with Gasteiger partial charge in [0.05, 0.1) is 7.11 Å². The molecule has 5 nitrogen and oxygen atoms in total. The molecule has 142 valence electrons. The highest BCUT2D eigenvalue weighted by Gasteiger charge is 2.15. The molecule has 0 aliphatic rings. The second-order valence-electron chi connectivity index (χ2n) is 6.37. The Bertz CT molecular complexity index is 709. The van der Waals surface area contributed by atoms with Crippen LogP contribution in [0.15, 0.2) is 35.4 Å². The zero-order valence-corrected chi connectivity index (χ0v) is 16.5. The van der Waals surface area contributed by atoms with Crippen LogP contribution in [0.1, 0.15) is 53.0 Å². The fourth-order valence-electron chi connectivity index (χ4n) is 2.36. The van der Waals surface area contributed by atoms with Crippen LogP contribution >= 0.6 is 0 Å². The first-order chi connectivity index (χ1) is 12.2. The number of esters is 2. The molecule has 5 heteroatoms. The quantitative estimate of drug-likeness (QED) is 0.379. The van der Waals surface area contributed by atoms with Crippen LogP contribution in [0, 0.1) is 0 Å². The third-order valence-electron chi connectivity index (χ3n) is 3.62. The van der Waals surface area contributed by atoms with Gasteiger partial charge in [-0.2, -0.15) is 0 Å². The van der Waals surface area contributed by atoms with E-state index in [0.29, 0.717) is 23.7 Å². The van der Waals surface area contributed by atoms with Crippen molar-refractivity contribution in [1.29, 1.82) is 0 Å². The van der Waals surface area contributed by atoms with E-state index in [1.54, 1.807) is 12.1 Å². The molecule has 0 unspecified atom stereocenters.